The fraction of sp³-hybridized carbons (Fsp3) is 0.409. The number of guanidine groups is 1. The van der Waals surface area contributed by atoms with Crippen molar-refractivity contribution < 1.29 is 14.2 Å². The number of hydrogen-bond donors (Lipinski definition) is 2. The van der Waals surface area contributed by atoms with E-state index >= 15 is 0 Å². The minimum absolute atomic E-state index is 0. The molecule has 8 heteroatoms. The van der Waals surface area contributed by atoms with Gasteiger partial charge in [0.1, 0.15) is 5.75 Å². The highest BCUT2D eigenvalue weighted by Gasteiger charge is 2.17. The largest absolute Gasteiger partial charge is 0.497 e. The number of rotatable bonds is 9. The lowest BCUT2D eigenvalue weighted by molar-refractivity contribution is 0.295. The lowest BCUT2D eigenvalue weighted by Gasteiger charge is -2.26. The number of methoxy groups -OCH3 is 3. The summed E-state index contributed by atoms with van der Waals surface area (Å²) in [6.07, 6.45) is 0. The molecule has 0 radical (unpaired) electrons. The van der Waals surface area contributed by atoms with Crippen molar-refractivity contribution in [3.63, 3.8) is 0 Å². The molecule has 0 aliphatic rings. The van der Waals surface area contributed by atoms with Crippen LogP contribution in [0.3, 0.4) is 0 Å². The maximum atomic E-state index is 5.45. The van der Waals surface area contributed by atoms with Crippen molar-refractivity contribution in [2.75, 3.05) is 49.0 Å². The Hall–Kier alpha value is -2.20. The van der Waals surface area contributed by atoms with Gasteiger partial charge in [-0.1, -0.05) is 18.2 Å². The Labute approximate surface area is 196 Å². The highest BCUT2D eigenvalue weighted by Crippen LogP contribution is 2.31. The van der Waals surface area contributed by atoms with Gasteiger partial charge in [0.25, 0.3) is 0 Å². The number of halogens is 1. The van der Waals surface area contributed by atoms with Crippen LogP contribution in [-0.2, 0) is 6.54 Å². The van der Waals surface area contributed by atoms with Gasteiger partial charge >= 0.3 is 0 Å². The zero-order chi connectivity index (χ0) is 21.2. The molecule has 2 aromatic carbocycles. The molecule has 7 nitrogen and oxygen atoms in total. The third-order valence-corrected chi connectivity index (χ3v) is 4.72. The fourth-order valence-electron chi connectivity index (χ4n) is 3.00. The van der Waals surface area contributed by atoms with Gasteiger partial charge in [0.2, 0.25) is 0 Å². The van der Waals surface area contributed by atoms with Crippen molar-refractivity contribution in [3.05, 3.63) is 53.6 Å². The average Bonchev–Trinajstić information content (AvgIpc) is 2.75. The molecule has 2 aromatic rings. The van der Waals surface area contributed by atoms with Crippen LogP contribution in [-0.4, -0.2) is 59.9 Å². The molecule has 0 saturated carbocycles. The summed E-state index contributed by atoms with van der Waals surface area (Å²) in [4.78, 5) is 6.49. The Balaban J connectivity index is 0.00000450. The zero-order valence-corrected chi connectivity index (χ0v) is 20.9. The van der Waals surface area contributed by atoms with Crippen LogP contribution < -0.4 is 24.8 Å². The lowest BCUT2D eigenvalue weighted by Crippen LogP contribution is -2.41. The van der Waals surface area contributed by atoms with Gasteiger partial charge in [-0.05, 0) is 49.5 Å². The Bertz CT molecular complexity index is 797. The molecule has 2 rings (SSSR count). The molecular weight excluding hydrogens is 495 g/mol. The average molecular weight is 528 g/mol. The quantitative estimate of drug-likeness (QED) is 0.296. The van der Waals surface area contributed by atoms with Crippen molar-refractivity contribution in [1.29, 1.82) is 0 Å². The Morgan fingerprint density at radius 1 is 0.933 bits per heavy atom. The van der Waals surface area contributed by atoms with E-state index < -0.39 is 0 Å². The normalized spacial score (nSPS) is 12.0. The van der Waals surface area contributed by atoms with E-state index in [4.69, 9.17) is 14.2 Å². The molecule has 30 heavy (non-hydrogen) atoms. The summed E-state index contributed by atoms with van der Waals surface area (Å²) < 4.78 is 16.0. The van der Waals surface area contributed by atoms with Crippen molar-refractivity contribution >= 4 is 29.9 Å². The lowest BCUT2D eigenvalue weighted by atomic mass is 10.1. The standard InChI is InChI=1S/C22H32N4O3.HI/c1-23-22(24-14-16-7-10-18(27-4)11-8-16)25-15-19(26(2)3)17-9-12-20(28-5)21(13-17)29-6;/h7-13,19H,14-15H2,1-6H3,(H2,23,24,25);1H. The minimum atomic E-state index is 0. The van der Waals surface area contributed by atoms with E-state index in [0.29, 0.717) is 13.1 Å². The zero-order valence-electron chi connectivity index (χ0n) is 18.6. The van der Waals surface area contributed by atoms with E-state index in [9.17, 15) is 0 Å². The number of likely N-dealkylation sites (N-methyl/N-ethyl adjacent to an activating group) is 1. The van der Waals surface area contributed by atoms with Gasteiger partial charge in [-0.25, -0.2) is 0 Å². The van der Waals surface area contributed by atoms with E-state index in [0.717, 1.165) is 34.3 Å². The minimum Gasteiger partial charge on any atom is -0.497 e. The van der Waals surface area contributed by atoms with Crippen LogP contribution in [0.25, 0.3) is 0 Å². The Morgan fingerprint density at radius 3 is 2.13 bits per heavy atom. The fourth-order valence-corrected chi connectivity index (χ4v) is 3.00. The molecule has 0 fully saturated rings. The van der Waals surface area contributed by atoms with Gasteiger partial charge in [-0.3, -0.25) is 4.99 Å². The van der Waals surface area contributed by atoms with Gasteiger partial charge in [-0.2, -0.15) is 0 Å². The summed E-state index contributed by atoms with van der Waals surface area (Å²) in [5, 5.41) is 6.75. The second kappa shape index (κ2) is 13.2. The topological polar surface area (TPSA) is 67.4 Å². The third-order valence-electron chi connectivity index (χ3n) is 4.72. The van der Waals surface area contributed by atoms with Gasteiger partial charge in [0.15, 0.2) is 17.5 Å². The van der Waals surface area contributed by atoms with Crippen LogP contribution in [0.4, 0.5) is 0 Å². The molecule has 166 valence electrons. The Morgan fingerprint density at radius 2 is 1.60 bits per heavy atom. The number of ether oxygens (including phenoxy) is 3. The number of aliphatic imine (C=N–C) groups is 1. The van der Waals surface area contributed by atoms with Crippen molar-refractivity contribution in [3.8, 4) is 17.2 Å². The number of nitrogens with one attached hydrogen (secondary N) is 2. The molecule has 0 saturated heterocycles. The van der Waals surface area contributed by atoms with Crippen LogP contribution in [0.2, 0.25) is 0 Å². The molecule has 0 amide bonds. The van der Waals surface area contributed by atoms with Crippen LogP contribution in [0, 0.1) is 0 Å². The monoisotopic (exact) mass is 528 g/mol. The van der Waals surface area contributed by atoms with Crippen LogP contribution in [0.5, 0.6) is 17.2 Å². The first-order valence-corrected chi connectivity index (χ1v) is 9.48. The second-order valence-corrected chi connectivity index (χ2v) is 6.75. The van der Waals surface area contributed by atoms with Crippen LogP contribution >= 0.6 is 24.0 Å². The molecular formula is C22H33IN4O3. The van der Waals surface area contributed by atoms with E-state index in [1.54, 1.807) is 28.4 Å². The van der Waals surface area contributed by atoms with Gasteiger partial charge < -0.3 is 29.7 Å². The maximum Gasteiger partial charge on any atom is 0.191 e. The van der Waals surface area contributed by atoms with E-state index in [-0.39, 0.29) is 30.0 Å². The molecule has 0 aromatic heterocycles. The van der Waals surface area contributed by atoms with Crippen molar-refractivity contribution in [1.82, 2.24) is 15.5 Å². The predicted octanol–water partition coefficient (Wildman–Crippen LogP) is 3.30. The summed E-state index contributed by atoms with van der Waals surface area (Å²) in [7, 11) is 10.8. The predicted molar refractivity (Wildman–Crippen MR) is 133 cm³/mol. The van der Waals surface area contributed by atoms with Crippen LogP contribution in [0.1, 0.15) is 17.2 Å². The summed E-state index contributed by atoms with van der Waals surface area (Å²) in [6, 6.07) is 14.1. The molecule has 2 N–H and O–H groups in total. The molecule has 0 spiro atoms. The third kappa shape index (κ3) is 7.24. The van der Waals surface area contributed by atoms with Gasteiger partial charge in [-0.15, -0.1) is 24.0 Å². The smallest absolute Gasteiger partial charge is 0.191 e. The molecule has 1 unspecified atom stereocenters. The summed E-state index contributed by atoms with van der Waals surface area (Å²) in [5.41, 5.74) is 2.28. The molecule has 0 aliphatic carbocycles. The molecule has 0 heterocycles. The summed E-state index contributed by atoms with van der Waals surface area (Å²) >= 11 is 0. The highest BCUT2D eigenvalue weighted by molar-refractivity contribution is 14.0. The van der Waals surface area contributed by atoms with Gasteiger partial charge in [0.05, 0.1) is 27.4 Å². The maximum absolute atomic E-state index is 5.45. The first kappa shape index (κ1) is 25.8. The summed E-state index contributed by atoms with van der Waals surface area (Å²) in [5.74, 6) is 3.03. The first-order chi connectivity index (χ1) is 14.0. The molecule has 0 bridgehead atoms. The van der Waals surface area contributed by atoms with Gasteiger partial charge in [0, 0.05) is 20.1 Å². The van der Waals surface area contributed by atoms with E-state index in [1.165, 1.54) is 0 Å². The highest BCUT2D eigenvalue weighted by atomic mass is 127. The SMILES string of the molecule is CN=C(NCc1ccc(OC)cc1)NCC(c1ccc(OC)c(OC)c1)N(C)C.I. The van der Waals surface area contributed by atoms with Crippen LogP contribution in [0.15, 0.2) is 47.5 Å². The van der Waals surface area contributed by atoms with Crippen molar-refractivity contribution in [2.24, 2.45) is 4.99 Å². The van der Waals surface area contributed by atoms with Crippen molar-refractivity contribution in [2.45, 2.75) is 12.6 Å². The summed E-state index contributed by atoms with van der Waals surface area (Å²) in [6.45, 7) is 1.36. The van der Waals surface area contributed by atoms with E-state index in [2.05, 4.69) is 40.7 Å². The molecule has 1 atom stereocenters. The molecule has 0 aliphatic heterocycles. The Kier molecular flexibility index (Phi) is 11.3. The number of nitrogens with zero attached hydrogens (tertiary/aromatic N) is 2. The first-order valence-electron chi connectivity index (χ1n) is 9.48. The number of benzene rings is 2. The number of hydrogen-bond acceptors (Lipinski definition) is 5. The van der Waals surface area contributed by atoms with E-state index in [1.807, 2.05) is 36.4 Å². The second-order valence-electron chi connectivity index (χ2n) is 6.75.